The van der Waals surface area contributed by atoms with Gasteiger partial charge >= 0.3 is 0 Å². The first-order valence-corrected chi connectivity index (χ1v) is 9.86. The predicted octanol–water partition coefficient (Wildman–Crippen LogP) is 5.54. The lowest BCUT2D eigenvalue weighted by Gasteiger charge is -2.20. The molecule has 0 radical (unpaired) electrons. The van der Waals surface area contributed by atoms with Gasteiger partial charge in [-0.2, -0.15) is 5.26 Å². The minimum absolute atomic E-state index is 0.149. The fourth-order valence-corrected chi connectivity index (χ4v) is 5.11. The molecule has 0 fully saturated rings. The second-order valence-corrected chi connectivity index (χ2v) is 7.92. The van der Waals surface area contributed by atoms with Crippen LogP contribution in [0.25, 0.3) is 10.8 Å². The van der Waals surface area contributed by atoms with Gasteiger partial charge in [0, 0.05) is 10.4 Å². The number of rotatable bonds is 3. The summed E-state index contributed by atoms with van der Waals surface area (Å²) in [5.74, 6) is 0.540. The first-order chi connectivity index (χ1) is 12.7. The molecule has 3 nitrogen and oxygen atoms in total. The Morgan fingerprint density at radius 3 is 2.88 bits per heavy atom. The first kappa shape index (κ1) is 16.8. The number of hydrogen-bond donors (Lipinski definition) is 1. The summed E-state index contributed by atoms with van der Waals surface area (Å²) in [4.78, 5) is 14.2. The van der Waals surface area contributed by atoms with Crippen molar-refractivity contribution in [2.75, 3.05) is 5.32 Å². The summed E-state index contributed by atoms with van der Waals surface area (Å²) in [6, 6.07) is 15.9. The van der Waals surface area contributed by atoms with Crippen LogP contribution in [0.1, 0.15) is 46.1 Å². The summed E-state index contributed by atoms with van der Waals surface area (Å²) in [5.41, 5.74) is 2.45. The van der Waals surface area contributed by atoms with Crippen molar-refractivity contribution >= 4 is 33.0 Å². The van der Waals surface area contributed by atoms with Crippen molar-refractivity contribution in [2.45, 2.75) is 32.6 Å². The van der Waals surface area contributed by atoms with Crippen molar-refractivity contribution in [3.63, 3.8) is 0 Å². The molecule has 0 bridgehead atoms. The zero-order chi connectivity index (χ0) is 18.1. The quantitative estimate of drug-likeness (QED) is 0.666. The molecule has 1 N–H and O–H groups in total. The Hall–Kier alpha value is -2.64. The van der Waals surface area contributed by atoms with Crippen molar-refractivity contribution in [1.82, 2.24) is 0 Å². The summed E-state index contributed by atoms with van der Waals surface area (Å²) in [7, 11) is 0. The van der Waals surface area contributed by atoms with E-state index in [1.54, 1.807) is 11.3 Å². The average Bonchev–Trinajstić information content (AvgIpc) is 3.03. The first-order valence-electron chi connectivity index (χ1n) is 9.05. The summed E-state index contributed by atoms with van der Waals surface area (Å²) < 4.78 is 0. The van der Waals surface area contributed by atoms with E-state index in [4.69, 9.17) is 0 Å². The fraction of sp³-hybridized carbons (Fsp3) is 0.273. The van der Waals surface area contributed by atoms with Crippen molar-refractivity contribution < 1.29 is 4.79 Å². The molecule has 4 rings (SSSR count). The standard InChI is InChI=1S/C22H20N2OS/c1-2-14-10-11-17-19(13-23)22(26-20(17)12-14)24-21(25)18-9-5-7-15-6-3-4-8-16(15)18/h3-9,14H,2,10-12H2,1H3,(H,24,25). The Morgan fingerprint density at radius 1 is 1.27 bits per heavy atom. The van der Waals surface area contributed by atoms with Crippen molar-refractivity contribution in [3.05, 3.63) is 64.0 Å². The predicted molar refractivity (Wildman–Crippen MR) is 107 cm³/mol. The fourth-order valence-electron chi connectivity index (χ4n) is 3.80. The highest BCUT2D eigenvalue weighted by Gasteiger charge is 2.26. The van der Waals surface area contributed by atoms with Gasteiger partial charge in [0.1, 0.15) is 11.1 Å². The molecule has 26 heavy (non-hydrogen) atoms. The van der Waals surface area contributed by atoms with Gasteiger partial charge in [0.2, 0.25) is 0 Å². The summed E-state index contributed by atoms with van der Waals surface area (Å²) in [6.45, 7) is 2.22. The van der Waals surface area contributed by atoms with Gasteiger partial charge in [0.05, 0.1) is 5.56 Å². The van der Waals surface area contributed by atoms with E-state index in [1.807, 2.05) is 42.5 Å². The Kier molecular flexibility index (Phi) is 4.48. The smallest absolute Gasteiger partial charge is 0.256 e. The van der Waals surface area contributed by atoms with Crippen LogP contribution in [0.15, 0.2) is 42.5 Å². The van der Waals surface area contributed by atoms with Gasteiger partial charge in [0.25, 0.3) is 5.91 Å². The number of nitriles is 1. The molecule has 0 saturated carbocycles. The number of carbonyl (C=O) groups excluding carboxylic acids is 1. The normalized spacial score (nSPS) is 16.1. The van der Waals surface area contributed by atoms with Crippen molar-refractivity contribution in [2.24, 2.45) is 5.92 Å². The molecule has 1 amide bonds. The SMILES string of the molecule is CCC1CCc2c(sc(NC(=O)c3cccc4ccccc34)c2C#N)C1. The van der Waals surface area contributed by atoms with Gasteiger partial charge < -0.3 is 5.32 Å². The molecule has 0 saturated heterocycles. The molecule has 1 aromatic heterocycles. The van der Waals surface area contributed by atoms with Gasteiger partial charge in [-0.05, 0) is 47.6 Å². The lowest BCUT2D eigenvalue weighted by Crippen LogP contribution is -2.13. The highest BCUT2D eigenvalue weighted by Crippen LogP contribution is 2.40. The molecule has 4 heteroatoms. The largest absolute Gasteiger partial charge is 0.312 e. The summed E-state index contributed by atoms with van der Waals surface area (Å²) >= 11 is 1.58. The Bertz CT molecular complexity index is 1020. The van der Waals surface area contributed by atoms with Gasteiger partial charge in [-0.15, -0.1) is 11.3 Å². The second kappa shape index (κ2) is 6.93. The van der Waals surface area contributed by atoms with E-state index in [9.17, 15) is 10.1 Å². The maximum Gasteiger partial charge on any atom is 0.256 e. The molecule has 1 heterocycles. The minimum Gasteiger partial charge on any atom is -0.312 e. The number of anilines is 1. The highest BCUT2D eigenvalue weighted by molar-refractivity contribution is 7.16. The van der Waals surface area contributed by atoms with Gasteiger partial charge in [-0.3, -0.25) is 4.79 Å². The van der Waals surface area contributed by atoms with Crippen LogP contribution in [0.5, 0.6) is 0 Å². The third-order valence-electron chi connectivity index (χ3n) is 5.32. The number of benzene rings is 2. The molecule has 2 aromatic carbocycles. The monoisotopic (exact) mass is 360 g/mol. The molecule has 130 valence electrons. The number of amides is 1. The van der Waals surface area contributed by atoms with Crippen molar-refractivity contribution in [3.8, 4) is 6.07 Å². The average molecular weight is 360 g/mol. The zero-order valence-corrected chi connectivity index (χ0v) is 15.5. The van der Waals surface area contributed by atoms with E-state index in [1.165, 1.54) is 4.88 Å². The summed E-state index contributed by atoms with van der Waals surface area (Å²) in [5, 5.41) is 15.3. The molecule has 3 aromatic rings. The molecule has 1 aliphatic rings. The molecule has 1 atom stereocenters. The molecule has 0 aliphatic heterocycles. The third kappa shape index (κ3) is 2.89. The number of fused-ring (bicyclic) bond motifs is 2. The number of carbonyl (C=O) groups is 1. The van der Waals surface area contributed by atoms with Crippen LogP contribution in [-0.2, 0) is 12.8 Å². The van der Waals surface area contributed by atoms with E-state index in [2.05, 4.69) is 18.3 Å². The molecular weight excluding hydrogens is 340 g/mol. The second-order valence-electron chi connectivity index (χ2n) is 6.82. The van der Waals surface area contributed by atoms with Gasteiger partial charge in [0.15, 0.2) is 0 Å². The highest BCUT2D eigenvalue weighted by atomic mass is 32.1. The maximum atomic E-state index is 12.9. The third-order valence-corrected chi connectivity index (χ3v) is 6.49. The van der Waals surface area contributed by atoms with Crippen LogP contribution in [0.4, 0.5) is 5.00 Å². The lowest BCUT2D eigenvalue weighted by molar-refractivity contribution is 0.102. The zero-order valence-electron chi connectivity index (χ0n) is 14.7. The van der Waals surface area contributed by atoms with E-state index in [0.717, 1.165) is 42.0 Å². The van der Waals surface area contributed by atoms with Crippen LogP contribution in [0.3, 0.4) is 0 Å². The van der Waals surface area contributed by atoms with Gasteiger partial charge in [-0.1, -0.05) is 49.7 Å². The Morgan fingerprint density at radius 2 is 2.08 bits per heavy atom. The Balaban J connectivity index is 1.68. The van der Waals surface area contributed by atoms with Gasteiger partial charge in [-0.25, -0.2) is 0 Å². The topological polar surface area (TPSA) is 52.9 Å². The summed E-state index contributed by atoms with van der Waals surface area (Å²) in [6.07, 6.45) is 4.26. The van der Waals surface area contributed by atoms with E-state index in [-0.39, 0.29) is 5.91 Å². The molecule has 1 aliphatic carbocycles. The number of nitrogens with one attached hydrogen (secondary N) is 1. The minimum atomic E-state index is -0.149. The maximum absolute atomic E-state index is 12.9. The molecule has 1 unspecified atom stereocenters. The van der Waals surface area contributed by atoms with E-state index in [0.29, 0.717) is 22.0 Å². The number of thiophene rings is 1. The molecular formula is C22H20N2OS. The van der Waals surface area contributed by atoms with Crippen LogP contribution < -0.4 is 5.32 Å². The number of hydrogen-bond acceptors (Lipinski definition) is 3. The molecule has 0 spiro atoms. The van der Waals surface area contributed by atoms with Crippen molar-refractivity contribution in [1.29, 1.82) is 5.26 Å². The van der Waals surface area contributed by atoms with E-state index >= 15 is 0 Å². The van der Waals surface area contributed by atoms with Crippen LogP contribution in [0, 0.1) is 17.2 Å². The van der Waals surface area contributed by atoms with Crippen LogP contribution >= 0.6 is 11.3 Å². The lowest BCUT2D eigenvalue weighted by atomic mass is 9.86. The Labute approximate surface area is 157 Å². The van der Waals surface area contributed by atoms with E-state index < -0.39 is 0 Å². The number of nitrogens with zero attached hydrogens (tertiary/aromatic N) is 1. The van der Waals surface area contributed by atoms with Crippen LogP contribution in [0.2, 0.25) is 0 Å². The van der Waals surface area contributed by atoms with Crippen LogP contribution in [-0.4, -0.2) is 5.91 Å².